The zero-order valence-electron chi connectivity index (χ0n) is 9.10. The average Bonchev–Trinajstić information content (AvgIpc) is 2.69. The second-order valence-electron chi connectivity index (χ2n) is 3.58. The van der Waals surface area contributed by atoms with Crippen LogP contribution in [0, 0.1) is 10.1 Å². The molecule has 0 amide bonds. The molecule has 0 aliphatic rings. The molecule has 0 atom stereocenters. The minimum Gasteiger partial charge on any atom is -0.469 e. The van der Waals surface area contributed by atoms with Crippen LogP contribution in [0.15, 0.2) is 24.3 Å². The number of benzene rings is 1. The number of fused-ring (bicyclic) bond motifs is 1. The van der Waals surface area contributed by atoms with Crippen LogP contribution in [-0.4, -0.2) is 23.0 Å². The predicted molar refractivity (Wildman–Crippen MR) is 60.7 cm³/mol. The van der Waals surface area contributed by atoms with Crippen molar-refractivity contribution in [3.8, 4) is 0 Å². The molecule has 1 heterocycles. The van der Waals surface area contributed by atoms with Crippen molar-refractivity contribution in [2.24, 2.45) is 0 Å². The predicted octanol–water partition coefficient (Wildman–Crippen LogP) is 1.79. The Labute approximate surface area is 96.3 Å². The molecule has 0 aliphatic carbocycles. The van der Waals surface area contributed by atoms with Gasteiger partial charge in [0.25, 0.3) is 5.69 Å². The summed E-state index contributed by atoms with van der Waals surface area (Å²) in [6, 6.07) is 6.29. The van der Waals surface area contributed by atoms with Gasteiger partial charge in [-0.3, -0.25) is 14.9 Å². The second kappa shape index (κ2) is 4.25. The molecule has 1 aromatic carbocycles. The van der Waals surface area contributed by atoms with E-state index in [2.05, 4.69) is 9.72 Å². The highest BCUT2D eigenvalue weighted by atomic mass is 16.6. The molecule has 0 bridgehead atoms. The molecule has 6 heteroatoms. The number of carbonyl (C=O) groups excluding carboxylic acids is 1. The Morgan fingerprint density at radius 1 is 1.47 bits per heavy atom. The number of nitro benzene ring substituents is 1. The van der Waals surface area contributed by atoms with Gasteiger partial charge in [0, 0.05) is 23.2 Å². The van der Waals surface area contributed by atoms with Crippen molar-refractivity contribution in [3.63, 3.8) is 0 Å². The summed E-state index contributed by atoms with van der Waals surface area (Å²) < 4.78 is 4.54. The lowest BCUT2D eigenvalue weighted by Crippen LogP contribution is -2.04. The third kappa shape index (κ3) is 2.25. The van der Waals surface area contributed by atoms with Crippen LogP contribution in [0.2, 0.25) is 0 Å². The molecular weight excluding hydrogens is 224 g/mol. The van der Waals surface area contributed by atoms with Crippen molar-refractivity contribution in [1.82, 2.24) is 4.98 Å². The molecule has 0 saturated heterocycles. The lowest BCUT2D eigenvalue weighted by molar-refractivity contribution is -0.384. The molecule has 1 N–H and O–H groups in total. The van der Waals surface area contributed by atoms with Crippen molar-refractivity contribution in [2.45, 2.75) is 6.42 Å². The fourth-order valence-corrected chi connectivity index (χ4v) is 1.61. The maximum atomic E-state index is 11.1. The molecule has 0 aliphatic heterocycles. The van der Waals surface area contributed by atoms with Crippen LogP contribution in [0.25, 0.3) is 10.9 Å². The Hall–Kier alpha value is -2.37. The van der Waals surface area contributed by atoms with Crippen LogP contribution in [0.4, 0.5) is 5.69 Å². The number of H-pyrrole nitrogens is 1. The molecule has 0 unspecified atom stereocenters. The summed E-state index contributed by atoms with van der Waals surface area (Å²) >= 11 is 0. The van der Waals surface area contributed by atoms with E-state index >= 15 is 0 Å². The van der Waals surface area contributed by atoms with E-state index in [1.54, 1.807) is 12.1 Å². The number of hydrogen-bond donors (Lipinski definition) is 1. The van der Waals surface area contributed by atoms with Gasteiger partial charge in [-0.05, 0) is 12.1 Å². The standard InChI is InChI=1S/C11H10N2O4/c1-17-11(14)5-8-4-7-2-3-9(13(15)16)6-10(7)12-8/h2-4,6,12H,5H2,1H3. The number of aromatic amines is 1. The monoisotopic (exact) mass is 234 g/mol. The number of rotatable bonds is 3. The maximum Gasteiger partial charge on any atom is 0.311 e. The van der Waals surface area contributed by atoms with Crippen LogP contribution in [0.3, 0.4) is 0 Å². The van der Waals surface area contributed by atoms with Crippen LogP contribution in [0.1, 0.15) is 5.69 Å². The van der Waals surface area contributed by atoms with Crippen molar-refractivity contribution < 1.29 is 14.5 Å². The Kier molecular flexibility index (Phi) is 2.78. The van der Waals surface area contributed by atoms with E-state index in [1.807, 2.05) is 0 Å². The Balaban J connectivity index is 2.37. The van der Waals surface area contributed by atoms with Gasteiger partial charge in [-0.25, -0.2) is 0 Å². The van der Waals surface area contributed by atoms with Gasteiger partial charge in [0.2, 0.25) is 0 Å². The first kappa shape index (κ1) is 11.1. The number of aromatic nitrogens is 1. The normalized spacial score (nSPS) is 10.4. The molecule has 2 rings (SSSR count). The summed E-state index contributed by atoms with van der Waals surface area (Å²) in [5.74, 6) is -0.356. The van der Waals surface area contributed by atoms with Gasteiger partial charge in [0.05, 0.1) is 24.0 Å². The van der Waals surface area contributed by atoms with Gasteiger partial charge >= 0.3 is 5.97 Å². The molecule has 17 heavy (non-hydrogen) atoms. The Morgan fingerprint density at radius 3 is 2.88 bits per heavy atom. The topological polar surface area (TPSA) is 85.2 Å². The number of nitrogens with zero attached hydrogens (tertiary/aromatic N) is 1. The SMILES string of the molecule is COC(=O)Cc1cc2ccc([N+](=O)[O-])cc2[nH]1. The smallest absolute Gasteiger partial charge is 0.311 e. The summed E-state index contributed by atoms with van der Waals surface area (Å²) in [4.78, 5) is 24.2. The van der Waals surface area contributed by atoms with E-state index < -0.39 is 4.92 Å². The summed E-state index contributed by atoms with van der Waals surface area (Å²) in [6.45, 7) is 0. The largest absolute Gasteiger partial charge is 0.469 e. The van der Waals surface area contributed by atoms with E-state index in [4.69, 9.17) is 0 Å². The first-order valence-electron chi connectivity index (χ1n) is 4.93. The summed E-state index contributed by atoms with van der Waals surface area (Å²) in [6.07, 6.45) is 0.124. The first-order valence-corrected chi connectivity index (χ1v) is 4.93. The molecular formula is C11H10N2O4. The van der Waals surface area contributed by atoms with Gasteiger partial charge < -0.3 is 9.72 Å². The van der Waals surface area contributed by atoms with Gasteiger partial charge in [-0.1, -0.05) is 0 Å². The number of nitrogens with one attached hydrogen (secondary N) is 1. The fourth-order valence-electron chi connectivity index (χ4n) is 1.61. The average molecular weight is 234 g/mol. The third-order valence-corrected chi connectivity index (χ3v) is 2.44. The van der Waals surface area contributed by atoms with Gasteiger partial charge in [-0.2, -0.15) is 0 Å². The van der Waals surface area contributed by atoms with Gasteiger partial charge in [0.15, 0.2) is 0 Å². The maximum absolute atomic E-state index is 11.1. The second-order valence-corrected chi connectivity index (χ2v) is 3.58. The van der Waals surface area contributed by atoms with Crippen LogP contribution < -0.4 is 0 Å². The highest BCUT2D eigenvalue weighted by Crippen LogP contribution is 2.21. The van der Waals surface area contributed by atoms with E-state index in [9.17, 15) is 14.9 Å². The summed E-state index contributed by atoms with van der Waals surface area (Å²) in [5.41, 5.74) is 1.33. The van der Waals surface area contributed by atoms with E-state index in [1.165, 1.54) is 19.2 Å². The van der Waals surface area contributed by atoms with Crippen LogP contribution >= 0.6 is 0 Å². The number of non-ortho nitro benzene ring substituents is 1. The number of esters is 1. The molecule has 88 valence electrons. The zero-order chi connectivity index (χ0) is 12.4. The van der Waals surface area contributed by atoms with Crippen molar-refractivity contribution in [3.05, 3.63) is 40.1 Å². The number of ether oxygens (including phenoxy) is 1. The number of methoxy groups -OCH3 is 1. The highest BCUT2D eigenvalue weighted by molar-refractivity contribution is 5.84. The van der Waals surface area contributed by atoms with Crippen molar-refractivity contribution in [1.29, 1.82) is 0 Å². The molecule has 2 aromatic rings. The third-order valence-electron chi connectivity index (χ3n) is 2.44. The Bertz CT molecular complexity index is 588. The molecule has 1 aromatic heterocycles. The Morgan fingerprint density at radius 2 is 2.24 bits per heavy atom. The van der Waals surface area contributed by atoms with Crippen LogP contribution in [0.5, 0.6) is 0 Å². The molecule has 0 saturated carbocycles. The molecule has 0 spiro atoms. The minimum absolute atomic E-state index is 0.0176. The van der Waals surface area contributed by atoms with E-state index in [0.717, 1.165) is 5.39 Å². The van der Waals surface area contributed by atoms with Gasteiger partial charge in [-0.15, -0.1) is 0 Å². The summed E-state index contributed by atoms with van der Waals surface area (Å²) in [5, 5.41) is 11.4. The quantitative estimate of drug-likeness (QED) is 0.498. The fraction of sp³-hybridized carbons (Fsp3) is 0.182. The molecule has 6 nitrogen and oxygen atoms in total. The molecule has 0 fully saturated rings. The lowest BCUT2D eigenvalue weighted by Gasteiger charge is -1.94. The zero-order valence-corrected chi connectivity index (χ0v) is 9.10. The number of nitro groups is 1. The summed E-state index contributed by atoms with van der Waals surface area (Å²) in [7, 11) is 1.32. The molecule has 0 radical (unpaired) electrons. The minimum atomic E-state index is -0.458. The van der Waals surface area contributed by atoms with Crippen LogP contribution in [-0.2, 0) is 16.0 Å². The van der Waals surface area contributed by atoms with Gasteiger partial charge in [0.1, 0.15) is 0 Å². The first-order chi connectivity index (χ1) is 8.10. The van der Waals surface area contributed by atoms with E-state index in [-0.39, 0.29) is 18.1 Å². The van der Waals surface area contributed by atoms with Crippen molar-refractivity contribution >= 4 is 22.6 Å². The van der Waals surface area contributed by atoms with Crippen molar-refractivity contribution in [2.75, 3.05) is 7.11 Å². The van der Waals surface area contributed by atoms with E-state index in [0.29, 0.717) is 11.2 Å². The number of hydrogen-bond acceptors (Lipinski definition) is 4. The lowest BCUT2D eigenvalue weighted by atomic mass is 10.2. The number of carbonyl (C=O) groups is 1. The highest BCUT2D eigenvalue weighted by Gasteiger charge is 2.10.